The van der Waals surface area contributed by atoms with E-state index in [9.17, 15) is 9.90 Å². The zero-order valence-electron chi connectivity index (χ0n) is 19.6. The van der Waals surface area contributed by atoms with Crippen molar-refractivity contribution >= 4 is 14.3 Å². The second-order valence-electron chi connectivity index (χ2n) is 9.51. The highest BCUT2D eigenvalue weighted by molar-refractivity contribution is 6.74. The smallest absolute Gasteiger partial charge is 0.333 e. The average Bonchev–Trinajstić information content (AvgIpc) is 2.56. The maximum atomic E-state index is 11.9. The fourth-order valence-corrected chi connectivity index (χ4v) is 4.45. The first kappa shape index (κ1) is 26.3. The Morgan fingerprint density at radius 2 is 1.67 bits per heavy atom. The molecule has 0 unspecified atom stereocenters. The summed E-state index contributed by atoms with van der Waals surface area (Å²) in [4.78, 5) is 11.9. The molecule has 27 heavy (non-hydrogen) atoms. The highest BCUT2D eigenvalue weighted by Gasteiger charge is 2.42. The number of ether oxygens (including phenoxy) is 1. The van der Waals surface area contributed by atoms with Gasteiger partial charge in [0.05, 0.1) is 18.8 Å². The van der Waals surface area contributed by atoms with Crippen molar-refractivity contribution in [2.24, 2.45) is 17.8 Å². The van der Waals surface area contributed by atoms with Gasteiger partial charge in [0.15, 0.2) is 8.32 Å². The van der Waals surface area contributed by atoms with Gasteiger partial charge in [-0.05, 0) is 37.9 Å². The summed E-state index contributed by atoms with van der Waals surface area (Å²) >= 11 is 0. The lowest BCUT2D eigenvalue weighted by molar-refractivity contribution is -0.138. The van der Waals surface area contributed by atoms with Crippen LogP contribution in [0.15, 0.2) is 11.6 Å². The number of carbonyl (C=O) groups excluding carboxylic acids is 1. The molecule has 160 valence electrons. The maximum Gasteiger partial charge on any atom is 0.333 e. The van der Waals surface area contributed by atoms with Gasteiger partial charge in [-0.25, -0.2) is 4.79 Å². The quantitative estimate of drug-likeness (QED) is 0.296. The van der Waals surface area contributed by atoms with E-state index in [0.717, 1.165) is 6.42 Å². The summed E-state index contributed by atoms with van der Waals surface area (Å²) < 4.78 is 11.8. The van der Waals surface area contributed by atoms with E-state index in [1.54, 1.807) is 13.8 Å². The number of esters is 1. The van der Waals surface area contributed by atoms with Gasteiger partial charge in [0.1, 0.15) is 0 Å². The lowest BCUT2D eigenvalue weighted by Crippen LogP contribution is -2.49. The van der Waals surface area contributed by atoms with Crippen molar-refractivity contribution in [3.05, 3.63) is 11.6 Å². The molecule has 0 amide bonds. The van der Waals surface area contributed by atoms with Gasteiger partial charge in [-0.1, -0.05) is 61.0 Å². The van der Waals surface area contributed by atoms with Crippen LogP contribution < -0.4 is 0 Å². The second kappa shape index (κ2) is 10.8. The molecule has 1 N–H and O–H groups in total. The number of aliphatic hydroxyl groups is 1. The molecule has 0 aliphatic heterocycles. The third kappa shape index (κ3) is 7.70. The van der Waals surface area contributed by atoms with Crippen LogP contribution in [0.25, 0.3) is 0 Å². The predicted molar refractivity (Wildman–Crippen MR) is 116 cm³/mol. The molecule has 0 aromatic carbocycles. The molecule has 0 aromatic heterocycles. The lowest BCUT2D eigenvalue weighted by atomic mass is 9.83. The maximum absolute atomic E-state index is 11.9. The molecule has 0 rings (SSSR count). The van der Waals surface area contributed by atoms with Gasteiger partial charge >= 0.3 is 5.97 Å². The Kier molecular flexibility index (Phi) is 10.5. The van der Waals surface area contributed by atoms with Crippen LogP contribution in [0.1, 0.15) is 68.7 Å². The Labute approximate surface area is 168 Å². The van der Waals surface area contributed by atoms with E-state index in [1.165, 1.54) is 0 Å². The van der Waals surface area contributed by atoms with Gasteiger partial charge in [0, 0.05) is 17.4 Å². The summed E-state index contributed by atoms with van der Waals surface area (Å²) in [6.07, 6.45) is 2.23. The highest BCUT2D eigenvalue weighted by Crippen LogP contribution is 2.40. The van der Waals surface area contributed by atoms with Gasteiger partial charge in [-0.2, -0.15) is 0 Å². The highest BCUT2D eigenvalue weighted by atomic mass is 28.4. The Morgan fingerprint density at radius 3 is 2.07 bits per heavy atom. The van der Waals surface area contributed by atoms with Gasteiger partial charge < -0.3 is 14.3 Å². The van der Waals surface area contributed by atoms with Crippen molar-refractivity contribution in [3.8, 4) is 0 Å². The largest absolute Gasteiger partial charge is 0.463 e. The topological polar surface area (TPSA) is 55.8 Å². The Hall–Kier alpha value is -0.653. The van der Waals surface area contributed by atoms with Gasteiger partial charge in [0.25, 0.3) is 0 Å². The number of hydrogen-bond acceptors (Lipinski definition) is 4. The molecular weight excluding hydrogens is 356 g/mol. The van der Waals surface area contributed by atoms with E-state index in [2.05, 4.69) is 54.6 Å². The molecule has 0 aromatic rings. The third-order valence-corrected chi connectivity index (χ3v) is 10.6. The number of carbonyl (C=O) groups is 1. The minimum absolute atomic E-state index is 0.00959. The molecule has 0 aliphatic rings. The second-order valence-corrected chi connectivity index (χ2v) is 14.3. The van der Waals surface area contributed by atoms with Crippen LogP contribution in [0.4, 0.5) is 0 Å². The standard InChI is InChI=1S/C22H44O4Si/c1-12-15(3)20(26-27(10,11)22(7,8)9)18(6)19(23)16(4)14-17(5)21(24)25-13-2/h14-16,18-20,23H,12-13H2,1-11H3/b17-14+/t15-,16+,18+,19+,20+/m0/s1. The first-order chi connectivity index (χ1) is 12.2. The van der Waals surface area contributed by atoms with E-state index in [-0.39, 0.29) is 28.9 Å². The first-order valence-corrected chi connectivity index (χ1v) is 13.3. The van der Waals surface area contributed by atoms with E-state index in [4.69, 9.17) is 9.16 Å². The van der Waals surface area contributed by atoms with Crippen LogP contribution in [0.3, 0.4) is 0 Å². The average molecular weight is 401 g/mol. The first-order valence-electron chi connectivity index (χ1n) is 10.4. The van der Waals surface area contributed by atoms with E-state index in [0.29, 0.717) is 18.1 Å². The zero-order valence-corrected chi connectivity index (χ0v) is 20.6. The van der Waals surface area contributed by atoms with Crippen molar-refractivity contribution in [3.63, 3.8) is 0 Å². The fraction of sp³-hybridized carbons (Fsp3) is 0.864. The summed E-state index contributed by atoms with van der Waals surface area (Å²) in [6, 6.07) is 0. The molecular formula is C22H44O4Si. The van der Waals surface area contributed by atoms with Crippen LogP contribution in [-0.2, 0) is 14.0 Å². The van der Waals surface area contributed by atoms with Crippen LogP contribution in [0.2, 0.25) is 18.1 Å². The van der Waals surface area contributed by atoms with Gasteiger partial charge in [-0.15, -0.1) is 0 Å². The molecule has 4 nitrogen and oxygen atoms in total. The third-order valence-electron chi connectivity index (χ3n) is 6.15. The van der Waals surface area contributed by atoms with Crippen molar-refractivity contribution in [1.82, 2.24) is 0 Å². The summed E-state index contributed by atoms with van der Waals surface area (Å²) in [7, 11) is -1.95. The molecule has 5 atom stereocenters. The SMILES string of the molecule is CCOC(=O)/C(C)=C/[C@@H](C)[C@@H](O)[C@@H](C)[C@H](O[Si](C)(C)C(C)(C)C)[C@@H](C)CC. The Morgan fingerprint density at radius 1 is 1.15 bits per heavy atom. The zero-order chi connectivity index (χ0) is 21.6. The van der Waals surface area contributed by atoms with Crippen molar-refractivity contribution in [2.45, 2.75) is 99.1 Å². The lowest BCUT2D eigenvalue weighted by Gasteiger charge is -2.44. The van der Waals surface area contributed by atoms with Gasteiger partial charge in [0.2, 0.25) is 0 Å². The van der Waals surface area contributed by atoms with Crippen molar-refractivity contribution in [1.29, 1.82) is 0 Å². The Balaban J connectivity index is 5.46. The summed E-state index contributed by atoms with van der Waals surface area (Å²) in [6.45, 7) is 23.5. The van der Waals surface area contributed by atoms with Crippen LogP contribution in [0, 0.1) is 17.8 Å². The van der Waals surface area contributed by atoms with Crippen LogP contribution in [-0.4, -0.2) is 38.2 Å². The molecule has 0 saturated carbocycles. The van der Waals surface area contributed by atoms with Crippen LogP contribution in [0.5, 0.6) is 0 Å². The fourth-order valence-electron chi connectivity index (χ4n) is 2.97. The Bertz CT molecular complexity index is 493. The van der Waals surface area contributed by atoms with E-state index in [1.807, 2.05) is 13.0 Å². The molecule has 5 heteroatoms. The number of rotatable bonds is 10. The van der Waals surface area contributed by atoms with Gasteiger partial charge in [-0.3, -0.25) is 0 Å². The molecule has 0 heterocycles. The minimum Gasteiger partial charge on any atom is -0.463 e. The number of aliphatic hydroxyl groups excluding tert-OH is 1. The molecule has 0 aliphatic carbocycles. The minimum atomic E-state index is -1.95. The predicted octanol–water partition coefficient (Wildman–Crippen LogP) is 5.57. The molecule has 0 radical (unpaired) electrons. The summed E-state index contributed by atoms with van der Waals surface area (Å²) in [5.74, 6) is -0.152. The number of hydrogen-bond donors (Lipinski definition) is 1. The summed E-state index contributed by atoms with van der Waals surface area (Å²) in [5, 5.41) is 11.1. The summed E-state index contributed by atoms with van der Waals surface area (Å²) in [5.41, 5.74) is 0.543. The van der Waals surface area contributed by atoms with E-state index >= 15 is 0 Å². The van der Waals surface area contributed by atoms with Crippen molar-refractivity contribution < 1.29 is 19.1 Å². The monoisotopic (exact) mass is 400 g/mol. The molecule has 0 bridgehead atoms. The molecule has 0 spiro atoms. The van der Waals surface area contributed by atoms with Crippen molar-refractivity contribution in [2.75, 3.05) is 6.61 Å². The molecule has 0 saturated heterocycles. The normalized spacial score (nSPS) is 19.2. The van der Waals surface area contributed by atoms with Crippen LogP contribution >= 0.6 is 0 Å². The van der Waals surface area contributed by atoms with E-state index < -0.39 is 14.4 Å². The molecule has 0 fully saturated rings.